The summed E-state index contributed by atoms with van der Waals surface area (Å²) in [7, 11) is 4.08. The average molecular weight is 421 g/mol. The van der Waals surface area contributed by atoms with Gasteiger partial charge in [0, 0.05) is 24.8 Å². The largest absolute Gasteiger partial charge is 0.305 e. The smallest absolute Gasteiger partial charge is 0.249 e. The maximum absolute atomic E-state index is 13.4. The van der Waals surface area contributed by atoms with Gasteiger partial charge in [0.25, 0.3) is 0 Å². The molecule has 0 unspecified atom stereocenters. The molecule has 0 spiro atoms. The highest BCUT2D eigenvalue weighted by Crippen LogP contribution is 2.48. The fraction of sp³-hybridized carbons (Fsp3) is 0.500. The van der Waals surface area contributed by atoms with Crippen LogP contribution < -0.4 is 10.4 Å². The van der Waals surface area contributed by atoms with E-state index in [0.717, 1.165) is 24.9 Å². The van der Waals surface area contributed by atoms with Gasteiger partial charge in [-0.15, -0.1) is 0 Å². The van der Waals surface area contributed by atoms with Crippen molar-refractivity contribution >= 4 is 11.7 Å². The molecule has 1 aromatic heterocycles. The number of carbonyl (C=O) groups is 1. The summed E-state index contributed by atoms with van der Waals surface area (Å²) in [4.78, 5) is 24.0. The molecule has 31 heavy (non-hydrogen) atoms. The van der Waals surface area contributed by atoms with Gasteiger partial charge >= 0.3 is 0 Å². The van der Waals surface area contributed by atoms with E-state index in [9.17, 15) is 10.1 Å². The van der Waals surface area contributed by atoms with E-state index in [4.69, 9.17) is 0 Å². The number of amides is 1. The number of aryl methyl sites for hydroxylation is 1. The molecule has 2 aromatic rings. The number of anilines is 1. The molecule has 1 N–H and O–H groups in total. The number of carbonyl (C=O) groups excluding carboxylic acids is 1. The van der Waals surface area contributed by atoms with Gasteiger partial charge in [0.1, 0.15) is 6.07 Å². The summed E-state index contributed by atoms with van der Waals surface area (Å²) >= 11 is 0. The van der Waals surface area contributed by atoms with Gasteiger partial charge in [0.05, 0.1) is 5.41 Å². The van der Waals surface area contributed by atoms with Crippen LogP contribution in [0.25, 0.3) is 0 Å². The molecule has 0 aliphatic heterocycles. The zero-order valence-electron chi connectivity index (χ0n) is 19.4. The summed E-state index contributed by atoms with van der Waals surface area (Å²) in [6, 6.07) is 12.1. The van der Waals surface area contributed by atoms with E-state index in [1.807, 2.05) is 27.1 Å². The summed E-state index contributed by atoms with van der Waals surface area (Å²) in [5.74, 6) is 0.595. The van der Waals surface area contributed by atoms with Crippen LogP contribution in [0.1, 0.15) is 56.3 Å². The van der Waals surface area contributed by atoms with Crippen LogP contribution in [0.3, 0.4) is 0 Å². The van der Waals surface area contributed by atoms with Crippen LogP contribution in [0, 0.1) is 23.7 Å². The molecular weight excluding hydrogens is 388 g/mol. The van der Waals surface area contributed by atoms with Crippen LogP contribution in [0.4, 0.5) is 5.82 Å². The van der Waals surface area contributed by atoms with Crippen molar-refractivity contribution in [2.24, 2.45) is 5.41 Å². The maximum Gasteiger partial charge on any atom is 0.249 e. The third-order valence-electron chi connectivity index (χ3n) is 5.28. The minimum atomic E-state index is -0.507. The molecule has 1 aliphatic carbocycles. The molecule has 0 saturated heterocycles. The third-order valence-corrected chi connectivity index (χ3v) is 5.28. The van der Waals surface area contributed by atoms with Crippen molar-refractivity contribution in [2.75, 3.05) is 25.6 Å². The fourth-order valence-electron chi connectivity index (χ4n) is 3.69. The second-order valence-corrected chi connectivity index (χ2v) is 9.91. The van der Waals surface area contributed by atoms with Crippen molar-refractivity contribution in [1.29, 1.82) is 5.26 Å². The topological polar surface area (TPSA) is 85.2 Å². The Morgan fingerprint density at radius 2 is 1.84 bits per heavy atom. The second-order valence-electron chi connectivity index (χ2n) is 9.91. The Balaban J connectivity index is 1.85. The highest BCUT2D eigenvalue weighted by Gasteiger charge is 2.51. The molecule has 7 heteroatoms. The van der Waals surface area contributed by atoms with E-state index in [-0.39, 0.29) is 17.1 Å². The fourth-order valence-corrected chi connectivity index (χ4v) is 3.69. The first-order valence-electron chi connectivity index (χ1n) is 10.6. The van der Waals surface area contributed by atoms with Crippen molar-refractivity contribution in [3.63, 3.8) is 0 Å². The van der Waals surface area contributed by atoms with Crippen LogP contribution in [0.15, 0.2) is 30.3 Å². The number of rotatable bonds is 7. The Bertz CT molecular complexity index is 981. The monoisotopic (exact) mass is 420 g/mol. The number of benzene rings is 1. The summed E-state index contributed by atoms with van der Waals surface area (Å²) < 4.78 is 0. The van der Waals surface area contributed by atoms with E-state index < -0.39 is 5.41 Å². The first-order valence-corrected chi connectivity index (χ1v) is 10.6. The Morgan fingerprint density at radius 3 is 2.35 bits per heavy atom. The molecule has 7 nitrogen and oxygen atoms in total. The zero-order chi connectivity index (χ0) is 22.8. The van der Waals surface area contributed by atoms with Gasteiger partial charge in [0.2, 0.25) is 11.7 Å². The molecule has 3 rings (SSSR count). The lowest BCUT2D eigenvalue weighted by atomic mass is 9.94. The molecule has 1 fully saturated rings. The van der Waals surface area contributed by atoms with Gasteiger partial charge in [-0.25, -0.2) is 4.98 Å². The van der Waals surface area contributed by atoms with Crippen molar-refractivity contribution in [2.45, 2.75) is 52.5 Å². The molecule has 1 aromatic carbocycles. The van der Waals surface area contributed by atoms with Gasteiger partial charge in [-0.1, -0.05) is 45.0 Å². The van der Waals surface area contributed by atoms with E-state index in [0.29, 0.717) is 18.1 Å². The van der Waals surface area contributed by atoms with Gasteiger partial charge in [0.15, 0.2) is 5.82 Å². The number of hydrazine groups is 1. The lowest BCUT2D eigenvalue weighted by Crippen LogP contribution is -2.50. The molecule has 0 bridgehead atoms. The maximum atomic E-state index is 13.4. The number of hydrogen-bond donors (Lipinski definition) is 1. The van der Waals surface area contributed by atoms with Crippen LogP contribution in [0.5, 0.6) is 0 Å². The Kier molecular flexibility index (Phi) is 6.33. The van der Waals surface area contributed by atoms with Crippen LogP contribution in [-0.4, -0.2) is 41.4 Å². The zero-order valence-corrected chi connectivity index (χ0v) is 19.4. The van der Waals surface area contributed by atoms with Gasteiger partial charge in [-0.05, 0) is 50.4 Å². The standard InChI is InChI=1S/C24H32N6O/c1-17-13-21(27-20(14-25)26-17)30(16-23(2,3)4)28-22(31)24(11-12-24)19-9-7-18(8-10-19)15-29(5)6/h7-10,13H,11-12,15-16H2,1-6H3,(H,28,31). The van der Waals surface area contributed by atoms with Crippen molar-refractivity contribution in [3.05, 3.63) is 53.0 Å². The lowest BCUT2D eigenvalue weighted by molar-refractivity contribution is -0.123. The van der Waals surface area contributed by atoms with Crippen LogP contribution >= 0.6 is 0 Å². The highest BCUT2D eigenvalue weighted by atomic mass is 16.2. The second kappa shape index (κ2) is 8.64. The molecule has 1 heterocycles. The molecular formula is C24H32N6O. The molecule has 0 radical (unpaired) electrons. The number of hydrogen-bond acceptors (Lipinski definition) is 6. The summed E-state index contributed by atoms with van der Waals surface area (Å²) in [6.45, 7) is 9.54. The minimum Gasteiger partial charge on any atom is -0.305 e. The normalized spacial score (nSPS) is 14.8. The minimum absolute atomic E-state index is 0.0353. The predicted molar refractivity (Wildman–Crippen MR) is 121 cm³/mol. The highest BCUT2D eigenvalue weighted by molar-refractivity contribution is 5.92. The van der Waals surface area contributed by atoms with Crippen molar-refractivity contribution in [1.82, 2.24) is 20.3 Å². The quantitative estimate of drug-likeness (QED) is 0.692. The van der Waals surface area contributed by atoms with Crippen LogP contribution in [0.2, 0.25) is 0 Å². The van der Waals surface area contributed by atoms with E-state index >= 15 is 0 Å². The third kappa shape index (κ3) is 5.59. The number of aromatic nitrogens is 2. The SMILES string of the molecule is Cc1cc(N(CC(C)(C)C)NC(=O)C2(c3ccc(CN(C)C)cc3)CC2)nc(C#N)n1. The van der Waals surface area contributed by atoms with Crippen molar-refractivity contribution in [3.8, 4) is 6.07 Å². The summed E-state index contributed by atoms with van der Waals surface area (Å²) in [5.41, 5.74) is 5.45. The summed E-state index contributed by atoms with van der Waals surface area (Å²) in [5, 5.41) is 11.0. The summed E-state index contributed by atoms with van der Waals surface area (Å²) in [6.07, 6.45) is 1.64. The van der Waals surface area contributed by atoms with Gasteiger partial charge < -0.3 is 4.90 Å². The lowest BCUT2D eigenvalue weighted by Gasteiger charge is -2.32. The van der Waals surface area contributed by atoms with Crippen molar-refractivity contribution < 1.29 is 4.79 Å². The van der Waals surface area contributed by atoms with E-state index in [1.54, 1.807) is 11.1 Å². The predicted octanol–water partition coefficient (Wildman–Crippen LogP) is 3.33. The molecule has 0 atom stereocenters. The van der Waals surface area contributed by atoms with Gasteiger partial charge in [-0.2, -0.15) is 10.2 Å². The first-order chi connectivity index (χ1) is 14.5. The van der Waals surface area contributed by atoms with Crippen LogP contribution in [-0.2, 0) is 16.8 Å². The Morgan fingerprint density at radius 1 is 1.19 bits per heavy atom. The number of nitriles is 1. The Labute approximate surface area is 185 Å². The molecule has 1 aliphatic rings. The Hall–Kier alpha value is -2.98. The molecule has 164 valence electrons. The van der Waals surface area contributed by atoms with E-state index in [1.165, 1.54) is 5.56 Å². The average Bonchev–Trinajstić information content (AvgIpc) is 3.48. The number of nitrogens with zero attached hydrogens (tertiary/aromatic N) is 5. The first kappa shape index (κ1) is 22.7. The molecule has 1 amide bonds. The van der Waals surface area contributed by atoms with Gasteiger partial charge in [-0.3, -0.25) is 15.2 Å². The molecule has 1 saturated carbocycles. The number of nitrogens with one attached hydrogen (secondary N) is 1. The van der Waals surface area contributed by atoms with E-state index in [2.05, 4.69) is 65.3 Å².